The van der Waals surface area contributed by atoms with Crippen LogP contribution in [0.1, 0.15) is 26.7 Å². The van der Waals surface area contributed by atoms with Gasteiger partial charge in [-0.2, -0.15) is 0 Å². The first-order valence-electron chi connectivity index (χ1n) is 6.54. The summed E-state index contributed by atoms with van der Waals surface area (Å²) in [4.78, 5) is 14.8. The Kier molecular flexibility index (Phi) is 4.62. The van der Waals surface area contributed by atoms with E-state index in [2.05, 4.69) is 10.0 Å². The lowest BCUT2D eigenvalue weighted by molar-refractivity contribution is -0.214. The highest BCUT2D eigenvalue weighted by Gasteiger charge is 2.49. The van der Waals surface area contributed by atoms with E-state index in [0.29, 0.717) is 12.8 Å². The molecule has 0 unspecified atom stereocenters. The highest BCUT2D eigenvalue weighted by Crippen LogP contribution is 2.34. The molecule has 4 atom stereocenters. The van der Waals surface area contributed by atoms with Crippen LogP contribution >= 0.6 is 0 Å². The first kappa shape index (κ1) is 15.2. The zero-order chi connectivity index (χ0) is 14.8. The Hall–Kier alpha value is -1.18. The number of hydrogen-bond acceptors (Lipinski definition) is 6. The monoisotopic (exact) mass is 285 g/mol. The number of Topliss-reactive ketones (excluding diaryl/α,β-unsaturated/α-hetero) is 1. The second kappa shape index (κ2) is 6.07. The van der Waals surface area contributed by atoms with Gasteiger partial charge in [-0.05, 0) is 19.4 Å². The molecule has 8 nitrogen and oxygen atoms in total. The molecule has 2 aliphatic rings. The van der Waals surface area contributed by atoms with Crippen LogP contribution in [0.25, 0.3) is 10.4 Å². The van der Waals surface area contributed by atoms with Gasteiger partial charge in [0.05, 0.1) is 12.6 Å². The molecule has 2 saturated heterocycles. The lowest BCUT2D eigenvalue weighted by Gasteiger charge is -2.32. The van der Waals surface area contributed by atoms with E-state index in [1.807, 2.05) is 0 Å². The molecule has 20 heavy (non-hydrogen) atoms. The van der Waals surface area contributed by atoms with Crippen LogP contribution in [0.5, 0.6) is 0 Å². The third-order valence-electron chi connectivity index (χ3n) is 3.35. The van der Waals surface area contributed by atoms with Crippen molar-refractivity contribution < 1.29 is 23.7 Å². The van der Waals surface area contributed by atoms with Gasteiger partial charge < -0.3 is 18.9 Å². The van der Waals surface area contributed by atoms with Crippen molar-refractivity contribution in [2.75, 3.05) is 13.7 Å². The van der Waals surface area contributed by atoms with Gasteiger partial charge in [-0.3, -0.25) is 4.79 Å². The number of hydrogen-bond donors (Lipinski definition) is 0. The van der Waals surface area contributed by atoms with Gasteiger partial charge >= 0.3 is 0 Å². The number of carbonyl (C=O) groups is 1. The van der Waals surface area contributed by atoms with Crippen LogP contribution in [0, 0.1) is 0 Å². The fourth-order valence-electron chi connectivity index (χ4n) is 2.52. The average molecular weight is 285 g/mol. The van der Waals surface area contributed by atoms with Crippen LogP contribution in [-0.2, 0) is 23.7 Å². The summed E-state index contributed by atoms with van der Waals surface area (Å²) < 4.78 is 22.2. The van der Waals surface area contributed by atoms with E-state index in [1.165, 1.54) is 7.11 Å². The molecule has 0 aromatic heterocycles. The molecule has 2 rings (SSSR count). The SMILES string of the molecule is CO[C@@H]1CCC(=O)[C@@H]([C@@H]2OC(C)(C)O[C@H]2CN=[N+]=[N-])O1. The Balaban J connectivity index is 2.14. The van der Waals surface area contributed by atoms with Gasteiger partial charge in [0.1, 0.15) is 12.2 Å². The highest BCUT2D eigenvalue weighted by atomic mass is 16.8. The van der Waals surface area contributed by atoms with Gasteiger partial charge in [-0.25, -0.2) is 0 Å². The van der Waals surface area contributed by atoms with E-state index < -0.39 is 30.4 Å². The molecule has 0 aromatic carbocycles. The summed E-state index contributed by atoms with van der Waals surface area (Å²) in [6.45, 7) is 3.59. The average Bonchev–Trinajstić information content (AvgIpc) is 2.72. The van der Waals surface area contributed by atoms with Crippen molar-refractivity contribution in [1.82, 2.24) is 0 Å². The van der Waals surface area contributed by atoms with Gasteiger partial charge in [0.15, 0.2) is 17.9 Å². The molecule has 0 aromatic rings. The van der Waals surface area contributed by atoms with Crippen LogP contribution in [0.15, 0.2) is 5.11 Å². The Morgan fingerprint density at radius 2 is 2.25 bits per heavy atom. The minimum absolute atomic E-state index is 0.0458. The van der Waals surface area contributed by atoms with E-state index in [1.54, 1.807) is 13.8 Å². The molecule has 112 valence electrons. The third kappa shape index (κ3) is 3.28. The van der Waals surface area contributed by atoms with Crippen LogP contribution in [0.3, 0.4) is 0 Å². The molecule has 0 bridgehead atoms. The first-order valence-corrected chi connectivity index (χ1v) is 6.54. The molecule has 0 amide bonds. The van der Waals surface area contributed by atoms with Crippen molar-refractivity contribution in [1.29, 1.82) is 0 Å². The normalized spacial score (nSPS) is 36.6. The zero-order valence-corrected chi connectivity index (χ0v) is 11.8. The maximum atomic E-state index is 12.1. The second-order valence-corrected chi connectivity index (χ2v) is 5.28. The fraction of sp³-hybridized carbons (Fsp3) is 0.917. The van der Waals surface area contributed by atoms with Crippen LogP contribution in [0.2, 0.25) is 0 Å². The minimum atomic E-state index is -0.843. The number of nitrogens with zero attached hydrogens (tertiary/aromatic N) is 3. The molecular formula is C12H19N3O5. The van der Waals surface area contributed by atoms with Crippen molar-refractivity contribution in [3.05, 3.63) is 10.4 Å². The Bertz CT molecular complexity index is 421. The molecule has 0 saturated carbocycles. The van der Waals surface area contributed by atoms with Crippen molar-refractivity contribution in [3.63, 3.8) is 0 Å². The lowest BCUT2D eigenvalue weighted by Crippen LogP contribution is -2.48. The topological polar surface area (TPSA) is 103 Å². The van der Waals surface area contributed by atoms with Gasteiger partial charge in [0.2, 0.25) is 0 Å². The quantitative estimate of drug-likeness (QED) is 0.443. The van der Waals surface area contributed by atoms with Crippen molar-refractivity contribution in [3.8, 4) is 0 Å². The summed E-state index contributed by atoms with van der Waals surface area (Å²) in [5.41, 5.74) is 8.43. The Morgan fingerprint density at radius 1 is 1.50 bits per heavy atom. The maximum Gasteiger partial charge on any atom is 0.164 e. The summed E-state index contributed by atoms with van der Waals surface area (Å²) in [7, 11) is 1.53. The summed E-state index contributed by atoms with van der Waals surface area (Å²) in [6.07, 6.45) is -1.38. The van der Waals surface area contributed by atoms with Crippen molar-refractivity contribution in [2.24, 2.45) is 5.11 Å². The van der Waals surface area contributed by atoms with Gasteiger partial charge in [-0.15, -0.1) is 0 Å². The van der Waals surface area contributed by atoms with E-state index in [9.17, 15) is 4.79 Å². The predicted octanol–water partition coefficient (Wildman–Crippen LogP) is 1.54. The first-order chi connectivity index (χ1) is 9.46. The number of ketones is 1. The predicted molar refractivity (Wildman–Crippen MR) is 67.7 cm³/mol. The molecule has 0 aliphatic carbocycles. The summed E-state index contributed by atoms with van der Waals surface area (Å²) in [5.74, 6) is -0.889. The van der Waals surface area contributed by atoms with Crippen LogP contribution in [-0.4, -0.2) is 49.8 Å². The van der Waals surface area contributed by atoms with Crippen LogP contribution < -0.4 is 0 Å². The van der Waals surface area contributed by atoms with Crippen molar-refractivity contribution in [2.45, 2.75) is 57.1 Å². The van der Waals surface area contributed by atoms with Crippen molar-refractivity contribution >= 4 is 5.78 Å². The van der Waals surface area contributed by atoms with E-state index >= 15 is 0 Å². The van der Waals surface area contributed by atoms with Gasteiger partial charge in [0, 0.05) is 24.9 Å². The molecule has 0 radical (unpaired) electrons. The number of carbonyl (C=O) groups excluding carboxylic acids is 1. The summed E-state index contributed by atoms with van der Waals surface area (Å²) in [5, 5.41) is 3.51. The Morgan fingerprint density at radius 3 is 2.90 bits per heavy atom. The largest absolute Gasteiger partial charge is 0.356 e. The van der Waals surface area contributed by atoms with Gasteiger partial charge in [-0.1, -0.05) is 5.11 Å². The molecule has 0 N–H and O–H groups in total. The lowest BCUT2D eigenvalue weighted by atomic mass is 9.98. The maximum absolute atomic E-state index is 12.1. The van der Waals surface area contributed by atoms with E-state index in [-0.39, 0.29) is 12.3 Å². The van der Waals surface area contributed by atoms with E-state index in [0.717, 1.165) is 0 Å². The number of azide groups is 1. The fourth-order valence-corrected chi connectivity index (χ4v) is 2.52. The minimum Gasteiger partial charge on any atom is -0.356 e. The van der Waals surface area contributed by atoms with Crippen LogP contribution in [0.4, 0.5) is 0 Å². The molecule has 2 heterocycles. The second-order valence-electron chi connectivity index (χ2n) is 5.28. The zero-order valence-electron chi connectivity index (χ0n) is 11.8. The highest BCUT2D eigenvalue weighted by molar-refractivity contribution is 5.84. The van der Waals surface area contributed by atoms with E-state index in [4.69, 9.17) is 24.5 Å². The molecular weight excluding hydrogens is 266 g/mol. The summed E-state index contributed by atoms with van der Waals surface area (Å²) in [6, 6.07) is 0. The Labute approximate surface area is 116 Å². The molecule has 0 spiro atoms. The number of methoxy groups -OCH3 is 1. The van der Waals surface area contributed by atoms with Gasteiger partial charge in [0.25, 0.3) is 0 Å². The molecule has 2 fully saturated rings. The third-order valence-corrected chi connectivity index (χ3v) is 3.35. The smallest absolute Gasteiger partial charge is 0.164 e. The molecule has 8 heteroatoms. The number of rotatable bonds is 4. The molecule has 2 aliphatic heterocycles. The number of ether oxygens (including phenoxy) is 4. The summed E-state index contributed by atoms with van der Waals surface area (Å²) >= 11 is 0. The standard InChI is InChI=1S/C12H19N3O5/c1-12(2)19-8(6-14-15-13)11(20-12)10-7(16)4-5-9(17-3)18-10/h8-11H,4-6H2,1-3H3/t8-,9-,10-,11+/m0/s1.